The van der Waals surface area contributed by atoms with Crippen molar-refractivity contribution in [1.29, 1.82) is 0 Å². The zero-order valence-corrected chi connectivity index (χ0v) is 16.6. The van der Waals surface area contributed by atoms with E-state index in [1.54, 1.807) is 12.3 Å². The first-order valence-corrected chi connectivity index (χ1v) is 9.57. The summed E-state index contributed by atoms with van der Waals surface area (Å²) in [5.41, 5.74) is 2.74. The van der Waals surface area contributed by atoms with Gasteiger partial charge in [0.15, 0.2) is 5.76 Å². The Morgan fingerprint density at radius 3 is 2.57 bits per heavy atom. The Labute approximate surface area is 170 Å². The first-order chi connectivity index (χ1) is 13.6. The molecule has 2 aromatic carbocycles. The Balaban J connectivity index is 1.64. The van der Waals surface area contributed by atoms with Crippen LogP contribution < -0.4 is 5.32 Å². The molecule has 0 bridgehead atoms. The fourth-order valence-corrected chi connectivity index (χ4v) is 3.21. The van der Waals surface area contributed by atoms with Gasteiger partial charge in [0.1, 0.15) is 11.8 Å². The van der Waals surface area contributed by atoms with Crippen LogP contribution in [0.2, 0.25) is 0 Å². The van der Waals surface area contributed by atoms with Crippen LogP contribution >= 0.6 is 15.9 Å². The van der Waals surface area contributed by atoms with E-state index in [2.05, 4.69) is 26.2 Å². The normalized spacial score (nSPS) is 11.9. The molecule has 4 aromatic rings. The molecule has 28 heavy (non-hydrogen) atoms. The molecule has 4 rings (SSSR count). The van der Waals surface area contributed by atoms with E-state index in [0.717, 1.165) is 15.6 Å². The van der Waals surface area contributed by atoms with E-state index in [9.17, 15) is 4.79 Å². The summed E-state index contributed by atoms with van der Waals surface area (Å²) in [6, 6.07) is 20.9. The topological polar surface area (TPSA) is 64.4 Å². The highest BCUT2D eigenvalue weighted by molar-refractivity contribution is 9.10. The molecule has 5 nitrogen and oxygen atoms in total. The predicted octanol–water partition coefficient (Wildman–Crippen LogP) is 6.57. The monoisotopic (exact) mass is 436 g/mol. The zero-order valence-electron chi connectivity index (χ0n) is 15.1. The van der Waals surface area contributed by atoms with Crippen molar-refractivity contribution in [2.24, 2.45) is 0 Å². The van der Waals surface area contributed by atoms with Crippen LogP contribution in [0.3, 0.4) is 0 Å². The second-order valence-corrected chi connectivity index (χ2v) is 7.17. The molecule has 2 aromatic heterocycles. The van der Waals surface area contributed by atoms with Gasteiger partial charge in [-0.3, -0.25) is 5.32 Å². The molecule has 0 aliphatic heterocycles. The number of hydrogen-bond acceptors (Lipinski definition) is 4. The lowest BCUT2D eigenvalue weighted by molar-refractivity contribution is 0.121. The van der Waals surface area contributed by atoms with Crippen LogP contribution in [0.4, 0.5) is 10.5 Å². The standard InChI is InChI=1S/C22H17BrN2O3/c1-14(15-6-3-2-4-7-15)27-22(26)25-19-18-8-5-13-24-21(18)28-20(19)16-9-11-17(23)12-10-16/h2-14H,1H3,(H,25,26)/t14-/m1/s1. The highest BCUT2D eigenvalue weighted by atomic mass is 79.9. The molecule has 1 atom stereocenters. The summed E-state index contributed by atoms with van der Waals surface area (Å²) in [5.74, 6) is 0.533. The summed E-state index contributed by atoms with van der Waals surface area (Å²) in [5, 5.41) is 3.55. The molecule has 0 aliphatic carbocycles. The van der Waals surface area contributed by atoms with Crippen molar-refractivity contribution in [2.45, 2.75) is 13.0 Å². The predicted molar refractivity (Wildman–Crippen MR) is 112 cm³/mol. The number of anilines is 1. The summed E-state index contributed by atoms with van der Waals surface area (Å²) in [7, 11) is 0. The molecule has 0 unspecified atom stereocenters. The van der Waals surface area contributed by atoms with Gasteiger partial charge in [0.25, 0.3) is 0 Å². The number of nitrogens with one attached hydrogen (secondary N) is 1. The average Bonchev–Trinajstić information content (AvgIpc) is 3.07. The Hall–Kier alpha value is -3.12. The van der Waals surface area contributed by atoms with Crippen molar-refractivity contribution >= 4 is 38.8 Å². The molecule has 2 heterocycles. The van der Waals surface area contributed by atoms with Crippen molar-refractivity contribution in [3.05, 3.63) is 83.0 Å². The molecule has 0 aliphatic rings. The number of ether oxygens (including phenoxy) is 1. The summed E-state index contributed by atoms with van der Waals surface area (Å²) in [6.45, 7) is 1.83. The Morgan fingerprint density at radius 2 is 1.82 bits per heavy atom. The van der Waals surface area contributed by atoms with Crippen LogP contribution in [0.5, 0.6) is 0 Å². The molecular formula is C22H17BrN2O3. The van der Waals surface area contributed by atoms with E-state index < -0.39 is 6.09 Å². The maximum atomic E-state index is 12.6. The van der Waals surface area contributed by atoms with Crippen molar-refractivity contribution in [3.63, 3.8) is 0 Å². The van der Waals surface area contributed by atoms with E-state index in [4.69, 9.17) is 9.15 Å². The number of carbonyl (C=O) groups is 1. The van der Waals surface area contributed by atoms with Gasteiger partial charge in [-0.25, -0.2) is 9.78 Å². The van der Waals surface area contributed by atoms with E-state index in [1.165, 1.54) is 0 Å². The number of rotatable bonds is 4. The van der Waals surface area contributed by atoms with Gasteiger partial charge in [0.05, 0.1) is 5.39 Å². The van der Waals surface area contributed by atoms with Gasteiger partial charge in [-0.05, 0) is 36.8 Å². The van der Waals surface area contributed by atoms with Gasteiger partial charge in [-0.1, -0.05) is 58.4 Å². The molecule has 0 spiro atoms. The maximum absolute atomic E-state index is 12.6. The molecule has 140 valence electrons. The zero-order chi connectivity index (χ0) is 19.5. The van der Waals surface area contributed by atoms with Crippen LogP contribution in [-0.4, -0.2) is 11.1 Å². The van der Waals surface area contributed by atoms with Crippen LogP contribution in [0, 0.1) is 0 Å². The number of hydrogen-bond donors (Lipinski definition) is 1. The number of fused-ring (bicyclic) bond motifs is 1. The molecule has 0 saturated heterocycles. The van der Waals surface area contributed by atoms with Crippen LogP contribution in [0.25, 0.3) is 22.4 Å². The first kappa shape index (κ1) is 18.3. The molecular weight excluding hydrogens is 420 g/mol. The van der Waals surface area contributed by atoms with Gasteiger partial charge in [-0.2, -0.15) is 0 Å². The third-order valence-electron chi connectivity index (χ3n) is 4.35. The third-order valence-corrected chi connectivity index (χ3v) is 4.88. The number of carbonyl (C=O) groups excluding carboxylic acids is 1. The highest BCUT2D eigenvalue weighted by Gasteiger charge is 2.20. The molecule has 6 heteroatoms. The maximum Gasteiger partial charge on any atom is 0.412 e. The molecule has 1 amide bonds. The number of nitrogens with zero attached hydrogens (tertiary/aromatic N) is 1. The number of halogens is 1. The third kappa shape index (κ3) is 3.77. The number of furan rings is 1. The quantitative estimate of drug-likeness (QED) is 0.392. The van der Waals surface area contributed by atoms with E-state index in [1.807, 2.05) is 67.6 Å². The van der Waals surface area contributed by atoms with Crippen LogP contribution in [-0.2, 0) is 4.74 Å². The van der Waals surface area contributed by atoms with E-state index >= 15 is 0 Å². The largest absolute Gasteiger partial charge is 0.441 e. The van der Waals surface area contributed by atoms with Crippen molar-refractivity contribution in [3.8, 4) is 11.3 Å². The van der Waals surface area contributed by atoms with Gasteiger partial charge >= 0.3 is 6.09 Å². The second-order valence-electron chi connectivity index (χ2n) is 6.25. The Bertz CT molecular complexity index is 1110. The van der Waals surface area contributed by atoms with Gasteiger partial charge in [0.2, 0.25) is 5.71 Å². The van der Waals surface area contributed by atoms with Crippen molar-refractivity contribution < 1.29 is 13.9 Å². The molecule has 0 radical (unpaired) electrons. The lowest BCUT2D eigenvalue weighted by atomic mass is 10.1. The molecule has 0 saturated carbocycles. The van der Waals surface area contributed by atoms with Crippen molar-refractivity contribution in [1.82, 2.24) is 4.98 Å². The Kier molecular flexibility index (Phi) is 5.12. The number of pyridine rings is 1. The SMILES string of the molecule is C[C@@H](OC(=O)Nc1c(-c2ccc(Br)cc2)oc2ncccc12)c1ccccc1. The van der Waals surface area contributed by atoms with Crippen LogP contribution in [0.1, 0.15) is 18.6 Å². The van der Waals surface area contributed by atoms with Crippen molar-refractivity contribution in [2.75, 3.05) is 5.32 Å². The van der Waals surface area contributed by atoms with E-state index in [-0.39, 0.29) is 6.10 Å². The fraction of sp³-hybridized carbons (Fsp3) is 0.0909. The molecule has 1 N–H and O–H groups in total. The minimum Gasteiger partial charge on any atom is -0.441 e. The first-order valence-electron chi connectivity index (χ1n) is 8.78. The number of benzene rings is 2. The summed E-state index contributed by atoms with van der Waals surface area (Å²) in [4.78, 5) is 16.8. The lowest BCUT2D eigenvalue weighted by Gasteiger charge is -2.14. The lowest BCUT2D eigenvalue weighted by Crippen LogP contribution is -2.16. The van der Waals surface area contributed by atoms with Gasteiger partial charge < -0.3 is 9.15 Å². The summed E-state index contributed by atoms with van der Waals surface area (Å²) >= 11 is 3.43. The van der Waals surface area contributed by atoms with Gasteiger partial charge in [-0.15, -0.1) is 0 Å². The summed E-state index contributed by atoms with van der Waals surface area (Å²) < 4.78 is 12.4. The summed E-state index contributed by atoms with van der Waals surface area (Å²) in [6.07, 6.45) is 0.714. The average molecular weight is 437 g/mol. The number of amides is 1. The van der Waals surface area contributed by atoms with Crippen LogP contribution in [0.15, 0.2) is 81.8 Å². The van der Waals surface area contributed by atoms with E-state index in [0.29, 0.717) is 22.5 Å². The minimum absolute atomic E-state index is 0.381. The second kappa shape index (κ2) is 7.86. The molecule has 0 fully saturated rings. The minimum atomic E-state index is -0.554. The number of aromatic nitrogens is 1. The smallest absolute Gasteiger partial charge is 0.412 e. The van der Waals surface area contributed by atoms with Gasteiger partial charge in [0, 0.05) is 16.2 Å². The fourth-order valence-electron chi connectivity index (χ4n) is 2.95. The Morgan fingerprint density at radius 1 is 1.07 bits per heavy atom. The highest BCUT2D eigenvalue weighted by Crippen LogP contribution is 2.37.